The van der Waals surface area contributed by atoms with E-state index in [2.05, 4.69) is 5.32 Å². The number of carbonyl (C=O) groups excluding carboxylic acids is 3. The molecule has 8 heteroatoms. The molecule has 2 aromatic rings. The predicted molar refractivity (Wildman–Crippen MR) is 123 cm³/mol. The summed E-state index contributed by atoms with van der Waals surface area (Å²) in [5, 5.41) is 2.91. The average Bonchev–Trinajstić information content (AvgIpc) is 2.86. The minimum Gasteiger partial charge on any atom is -0.497 e. The minimum atomic E-state index is -0.442. The average molecular weight is 455 g/mol. The topological polar surface area (TPSA) is 94.2 Å². The van der Waals surface area contributed by atoms with Gasteiger partial charge in [0.2, 0.25) is 5.91 Å². The van der Waals surface area contributed by atoms with Crippen molar-refractivity contribution in [1.29, 1.82) is 0 Å². The number of hydrogen-bond donors (Lipinski definition) is 1. The standard InChI is InChI=1S/C25H30N2O6/c1-31-21-14-18(15-22(16-21)32-2)8-9-24(29)33-17-23(28)27-12-10-19(11-13-27)25(30)26-20-6-4-3-5-7-20/h3-7,14-16,19H,8-13,17H2,1-2H3,(H,26,30). The summed E-state index contributed by atoms with van der Waals surface area (Å²) in [7, 11) is 3.13. The molecular formula is C25H30N2O6. The first kappa shape index (κ1) is 24.1. The molecule has 3 rings (SSSR count). The van der Waals surface area contributed by atoms with Crippen molar-refractivity contribution in [2.45, 2.75) is 25.7 Å². The number of aryl methyl sites for hydroxylation is 1. The van der Waals surface area contributed by atoms with Gasteiger partial charge in [0.25, 0.3) is 5.91 Å². The number of carbonyl (C=O) groups is 3. The maximum atomic E-state index is 12.4. The predicted octanol–water partition coefficient (Wildman–Crippen LogP) is 3.06. The number of likely N-dealkylation sites (tertiary alicyclic amines) is 1. The fourth-order valence-electron chi connectivity index (χ4n) is 3.72. The van der Waals surface area contributed by atoms with E-state index in [0.717, 1.165) is 11.3 Å². The van der Waals surface area contributed by atoms with Crippen LogP contribution in [0.4, 0.5) is 5.69 Å². The van der Waals surface area contributed by atoms with Crippen molar-refractivity contribution in [3.05, 3.63) is 54.1 Å². The van der Waals surface area contributed by atoms with E-state index in [1.54, 1.807) is 25.2 Å². The highest BCUT2D eigenvalue weighted by molar-refractivity contribution is 5.92. The van der Waals surface area contributed by atoms with Crippen LogP contribution in [0.15, 0.2) is 48.5 Å². The van der Waals surface area contributed by atoms with Crippen molar-refractivity contribution in [3.8, 4) is 11.5 Å². The largest absolute Gasteiger partial charge is 0.497 e. The molecule has 1 saturated heterocycles. The van der Waals surface area contributed by atoms with Crippen LogP contribution in [-0.2, 0) is 25.5 Å². The van der Waals surface area contributed by atoms with Crippen LogP contribution in [-0.4, -0.2) is 56.6 Å². The second-order valence-electron chi connectivity index (χ2n) is 7.89. The molecular weight excluding hydrogens is 424 g/mol. The van der Waals surface area contributed by atoms with Gasteiger partial charge >= 0.3 is 5.97 Å². The van der Waals surface area contributed by atoms with Crippen LogP contribution in [0, 0.1) is 5.92 Å². The van der Waals surface area contributed by atoms with Gasteiger partial charge in [-0.3, -0.25) is 14.4 Å². The first-order chi connectivity index (χ1) is 16.0. The fraction of sp³-hybridized carbons (Fsp3) is 0.400. The Kier molecular flexibility index (Phi) is 8.69. The molecule has 1 aliphatic heterocycles. The van der Waals surface area contributed by atoms with Gasteiger partial charge in [-0.05, 0) is 49.1 Å². The summed E-state index contributed by atoms with van der Waals surface area (Å²) >= 11 is 0. The number of rotatable bonds is 9. The molecule has 2 aromatic carbocycles. The van der Waals surface area contributed by atoms with E-state index in [4.69, 9.17) is 14.2 Å². The number of piperidine rings is 1. The molecule has 0 saturated carbocycles. The summed E-state index contributed by atoms with van der Waals surface area (Å²) in [5.74, 6) is 0.434. The Morgan fingerprint density at radius 3 is 2.21 bits per heavy atom. The van der Waals surface area contributed by atoms with Crippen molar-refractivity contribution < 1.29 is 28.6 Å². The summed E-state index contributed by atoms with van der Waals surface area (Å²) in [6, 6.07) is 14.7. The number of nitrogens with one attached hydrogen (secondary N) is 1. The van der Waals surface area contributed by atoms with Crippen LogP contribution >= 0.6 is 0 Å². The second-order valence-corrected chi connectivity index (χ2v) is 7.89. The molecule has 1 heterocycles. The Morgan fingerprint density at radius 2 is 1.61 bits per heavy atom. The highest BCUT2D eigenvalue weighted by Crippen LogP contribution is 2.23. The monoisotopic (exact) mass is 454 g/mol. The first-order valence-electron chi connectivity index (χ1n) is 11.0. The molecule has 0 aliphatic carbocycles. The van der Waals surface area contributed by atoms with Crippen LogP contribution in [0.5, 0.6) is 11.5 Å². The van der Waals surface area contributed by atoms with Gasteiger partial charge in [-0.2, -0.15) is 0 Å². The highest BCUT2D eigenvalue weighted by atomic mass is 16.5. The molecule has 0 spiro atoms. The number of nitrogens with zero attached hydrogens (tertiary/aromatic N) is 1. The highest BCUT2D eigenvalue weighted by Gasteiger charge is 2.27. The number of hydrogen-bond acceptors (Lipinski definition) is 6. The van der Waals surface area contributed by atoms with Gasteiger partial charge in [0.05, 0.1) is 14.2 Å². The Balaban J connectivity index is 1.38. The summed E-state index contributed by atoms with van der Waals surface area (Å²) in [6.45, 7) is 0.640. The van der Waals surface area contributed by atoms with E-state index in [1.165, 1.54) is 0 Å². The minimum absolute atomic E-state index is 0.0334. The molecule has 0 aromatic heterocycles. The van der Waals surface area contributed by atoms with Gasteiger partial charge in [-0.15, -0.1) is 0 Å². The Morgan fingerprint density at radius 1 is 0.970 bits per heavy atom. The van der Waals surface area contributed by atoms with E-state index in [1.807, 2.05) is 42.5 Å². The summed E-state index contributed by atoms with van der Waals surface area (Å²) < 4.78 is 15.6. The van der Waals surface area contributed by atoms with Crippen molar-refractivity contribution in [1.82, 2.24) is 4.90 Å². The third kappa shape index (κ3) is 7.24. The Bertz CT molecular complexity index is 932. The van der Waals surface area contributed by atoms with Crippen molar-refractivity contribution in [2.75, 3.05) is 39.2 Å². The van der Waals surface area contributed by atoms with Crippen LogP contribution in [0.25, 0.3) is 0 Å². The van der Waals surface area contributed by atoms with Crippen LogP contribution < -0.4 is 14.8 Å². The number of methoxy groups -OCH3 is 2. The fourth-order valence-corrected chi connectivity index (χ4v) is 3.72. The maximum absolute atomic E-state index is 12.4. The van der Waals surface area contributed by atoms with E-state index in [-0.39, 0.29) is 30.8 Å². The molecule has 1 aliphatic rings. The normalized spacial score (nSPS) is 13.8. The van der Waals surface area contributed by atoms with Gasteiger partial charge < -0.3 is 24.4 Å². The lowest BCUT2D eigenvalue weighted by molar-refractivity contribution is -0.152. The van der Waals surface area contributed by atoms with Gasteiger partial charge in [0.1, 0.15) is 11.5 Å². The quantitative estimate of drug-likeness (QED) is 0.586. The lowest BCUT2D eigenvalue weighted by Crippen LogP contribution is -2.43. The maximum Gasteiger partial charge on any atom is 0.306 e. The van der Waals surface area contributed by atoms with Gasteiger partial charge in [-0.25, -0.2) is 0 Å². The smallest absolute Gasteiger partial charge is 0.306 e. The lowest BCUT2D eigenvalue weighted by Gasteiger charge is -2.31. The Hall–Kier alpha value is -3.55. The molecule has 176 valence electrons. The molecule has 8 nitrogen and oxygen atoms in total. The Labute approximate surface area is 193 Å². The van der Waals surface area contributed by atoms with Crippen LogP contribution in [0.3, 0.4) is 0 Å². The molecule has 0 radical (unpaired) electrons. The van der Waals surface area contributed by atoms with E-state index >= 15 is 0 Å². The molecule has 0 atom stereocenters. The van der Waals surface area contributed by atoms with Gasteiger partial charge in [-0.1, -0.05) is 18.2 Å². The lowest BCUT2D eigenvalue weighted by atomic mass is 9.95. The van der Waals surface area contributed by atoms with Crippen molar-refractivity contribution >= 4 is 23.5 Å². The number of anilines is 1. The van der Waals surface area contributed by atoms with Crippen LogP contribution in [0.2, 0.25) is 0 Å². The summed E-state index contributed by atoms with van der Waals surface area (Å²) in [4.78, 5) is 38.6. The molecule has 1 N–H and O–H groups in total. The van der Waals surface area contributed by atoms with Gasteiger partial charge in [0, 0.05) is 37.2 Å². The van der Waals surface area contributed by atoms with E-state index in [9.17, 15) is 14.4 Å². The summed E-state index contributed by atoms with van der Waals surface area (Å²) in [6.07, 6.45) is 1.75. The van der Waals surface area contributed by atoms with Gasteiger partial charge in [0.15, 0.2) is 6.61 Å². The zero-order valence-corrected chi connectivity index (χ0v) is 19.0. The molecule has 1 fully saturated rings. The van der Waals surface area contributed by atoms with Crippen molar-refractivity contribution in [3.63, 3.8) is 0 Å². The number of amides is 2. The van der Waals surface area contributed by atoms with Crippen LogP contribution in [0.1, 0.15) is 24.8 Å². The van der Waals surface area contributed by atoms with Crippen molar-refractivity contribution in [2.24, 2.45) is 5.92 Å². The number of benzene rings is 2. The second kappa shape index (κ2) is 11.9. The number of esters is 1. The molecule has 2 amide bonds. The first-order valence-corrected chi connectivity index (χ1v) is 11.0. The third-order valence-corrected chi connectivity index (χ3v) is 5.65. The zero-order chi connectivity index (χ0) is 23.6. The SMILES string of the molecule is COc1cc(CCC(=O)OCC(=O)N2CCC(C(=O)Nc3ccccc3)CC2)cc(OC)c1. The van der Waals surface area contributed by atoms with E-state index in [0.29, 0.717) is 43.9 Å². The third-order valence-electron chi connectivity index (χ3n) is 5.65. The molecule has 0 bridgehead atoms. The molecule has 33 heavy (non-hydrogen) atoms. The number of para-hydroxylation sites is 1. The van der Waals surface area contributed by atoms with E-state index < -0.39 is 5.97 Å². The zero-order valence-electron chi connectivity index (χ0n) is 19.0. The molecule has 0 unspecified atom stereocenters. The summed E-state index contributed by atoms with van der Waals surface area (Å²) in [5.41, 5.74) is 1.64. The number of ether oxygens (including phenoxy) is 3.